The number of benzene rings is 2. The van der Waals surface area contributed by atoms with Crippen LogP contribution in [0, 0.1) is 0 Å². The first-order valence-electron chi connectivity index (χ1n) is 7.44. The zero-order valence-corrected chi connectivity index (χ0v) is 14.5. The highest BCUT2D eigenvalue weighted by atomic mass is 32.2. The number of thiazole rings is 1. The number of para-hydroxylation sites is 1. The molecule has 2 aromatic carbocycles. The molecule has 0 amide bonds. The second-order valence-electron chi connectivity index (χ2n) is 5.27. The molecule has 0 saturated heterocycles. The minimum Gasteiger partial charge on any atom is -0.497 e. The van der Waals surface area contributed by atoms with Gasteiger partial charge >= 0.3 is 0 Å². The van der Waals surface area contributed by atoms with Crippen molar-refractivity contribution in [2.75, 3.05) is 12.9 Å². The summed E-state index contributed by atoms with van der Waals surface area (Å²) in [6.45, 7) is 0. The summed E-state index contributed by atoms with van der Waals surface area (Å²) < 4.78 is 8.43. The Morgan fingerprint density at radius 2 is 2.08 bits per heavy atom. The van der Waals surface area contributed by atoms with E-state index < -0.39 is 6.10 Å². The smallest absolute Gasteiger partial charge is 0.217 e. The number of methoxy groups -OCH3 is 1. The molecule has 2 heterocycles. The van der Waals surface area contributed by atoms with E-state index in [1.54, 1.807) is 18.4 Å². The zero-order chi connectivity index (χ0) is 16.5. The lowest BCUT2D eigenvalue weighted by atomic mass is 10.1. The lowest BCUT2D eigenvalue weighted by Crippen LogP contribution is -2.01. The summed E-state index contributed by atoms with van der Waals surface area (Å²) in [6.07, 6.45) is -0.595. The van der Waals surface area contributed by atoms with Crippen LogP contribution in [-0.4, -0.2) is 32.6 Å². The number of aliphatic hydroxyl groups excluding tert-OH is 1. The highest BCUT2D eigenvalue weighted by Crippen LogP contribution is 2.31. The maximum atomic E-state index is 10.4. The van der Waals surface area contributed by atoms with Crippen molar-refractivity contribution in [3.8, 4) is 5.75 Å². The van der Waals surface area contributed by atoms with Crippen molar-refractivity contribution in [2.45, 2.75) is 11.3 Å². The van der Waals surface area contributed by atoms with Crippen LogP contribution in [0.2, 0.25) is 0 Å². The standard InChI is InChI=1S/C17H15N3O2S2/c1-22-12-6-4-5-11(9-12)14(21)10-23-16-18-19-17-20(16)13-7-2-3-8-15(13)24-17/h2-9,14,21H,10H2,1H3/t14-/m0/s1. The second-order valence-corrected chi connectivity index (χ2v) is 7.27. The van der Waals surface area contributed by atoms with Crippen molar-refractivity contribution in [1.29, 1.82) is 0 Å². The minimum absolute atomic E-state index is 0.498. The monoisotopic (exact) mass is 357 g/mol. The maximum absolute atomic E-state index is 10.4. The molecule has 0 radical (unpaired) electrons. The Bertz CT molecular complexity index is 996. The Labute approximate surface area is 146 Å². The molecule has 0 bridgehead atoms. The quantitative estimate of drug-likeness (QED) is 0.551. The number of hydrogen-bond acceptors (Lipinski definition) is 6. The van der Waals surface area contributed by atoms with Crippen molar-refractivity contribution < 1.29 is 9.84 Å². The Hall–Kier alpha value is -2.09. The van der Waals surface area contributed by atoms with Crippen molar-refractivity contribution in [1.82, 2.24) is 14.6 Å². The van der Waals surface area contributed by atoms with E-state index in [0.29, 0.717) is 5.75 Å². The van der Waals surface area contributed by atoms with Gasteiger partial charge in [-0.15, -0.1) is 10.2 Å². The molecule has 5 nitrogen and oxygen atoms in total. The van der Waals surface area contributed by atoms with Crippen LogP contribution >= 0.6 is 23.1 Å². The Kier molecular flexibility index (Phi) is 4.13. The molecular formula is C17H15N3O2S2. The summed E-state index contributed by atoms with van der Waals surface area (Å²) in [4.78, 5) is 0.870. The zero-order valence-electron chi connectivity index (χ0n) is 12.9. The fraction of sp³-hybridized carbons (Fsp3) is 0.176. The molecule has 7 heteroatoms. The number of ether oxygens (including phenoxy) is 1. The van der Waals surface area contributed by atoms with Gasteiger partial charge in [0.05, 0.1) is 23.4 Å². The molecule has 0 saturated carbocycles. The SMILES string of the molecule is COc1cccc([C@@H](O)CSc2nnc3sc4ccccc4n23)c1. The summed E-state index contributed by atoms with van der Waals surface area (Å²) in [7, 11) is 1.62. The van der Waals surface area contributed by atoms with Crippen LogP contribution in [0.1, 0.15) is 11.7 Å². The van der Waals surface area contributed by atoms with Crippen LogP contribution in [0.5, 0.6) is 5.75 Å². The first-order chi connectivity index (χ1) is 11.8. The molecule has 0 aliphatic carbocycles. The van der Waals surface area contributed by atoms with Gasteiger partial charge in [0.25, 0.3) is 0 Å². The maximum Gasteiger partial charge on any atom is 0.217 e. The van der Waals surface area contributed by atoms with E-state index in [1.807, 2.05) is 40.8 Å². The number of aliphatic hydroxyl groups is 1. The highest BCUT2D eigenvalue weighted by molar-refractivity contribution is 7.99. The summed E-state index contributed by atoms with van der Waals surface area (Å²) in [5.41, 5.74) is 1.93. The van der Waals surface area contributed by atoms with Gasteiger partial charge in [-0.2, -0.15) is 0 Å². The van der Waals surface area contributed by atoms with Crippen LogP contribution in [0.4, 0.5) is 0 Å². The molecule has 0 spiro atoms. The predicted octanol–water partition coefficient (Wildman–Crippen LogP) is 3.78. The Morgan fingerprint density at radius 1 is 1.21 bits per heavy atom. The molecule has 0 aliphatic heterocycles. The van der Waals surface area contributed by atoms with Gasteiger partial charge in [-0.25, -0.2) is 0 Å². The van der Waals surface area contributed by atoms with Crippen LogP contribution in [0.25, 0.3) is 15.2 Å². The third-order valence-electron chi connectivity index (χ3n) is 3.76. The number of rotatable bonds is 5. The number of nitrogens with zero attached hydrogens (tertiary/aromatic N) is 3. The summed E-state index contributed by atoms with van der Waals surface area (Å²) >= 11 is 3.11. The Balaban J connectivity index is 1.58. The molecule has 0 fully saturated rings. The van der Waals surface area contributed by atoms with Crippen molar-refractivity contribution >= 4 is 38.3 Å². The first-order valence-corrected chi connectivity index (χ1v) is 9.24. The van der Waals surface area contributed by atoms with Gasteiger partial charge in [-0.05, 0) is 29.8 Å². The molecule has 1 atom stereocenters. The van der Waals surface area contributed by atoms with Crippen molar-refractivity contribution in [3.63, 3.8) is 0 Å². The van der Waals surface area contributed by atoms with E-state index >= 15 is 0 Å². The average Bonchev–Trinajstić information content (AvgIpc) is 3.19. The van der Waals surface area contributed by atoms with Gasteiger partial charge in [0.15, 0.2) is 5.16 Å². The molecule has 122 valence electrons. The molecule has 0 aliphatic rings. The molecule has 2 aromatic heterocycles. The normalized spacial score (nSPS) is 12.8. The fourth-order valence-electron chi connectivity index (χ4n) is 2.55. The van der Waals surface area contributed by atoms with Crippen molar-refractivity contribution in [2.24, 2.45) is 0 Å². The van der Waals surface area contributed by atoms with Gasteiger partial charge < -0.3 is 9.84 Å². The van der Waals surface area contributed by atoms with Gasteiger partial charge in [0, 0.05) is 5.75 Å². The van der Waals surface area contributed by atoms with E-state index in [2.05, 4.69) is 22.3 Å². The van der Waals surface area contributed by atoms with E-state index in [9.17, 15) is 5.11 Å². The largest absolute Gasteiger partial charge is 0.497 e. The van der Waals surface area contributed by atoms with Crippen LogP contribution in [0.3, 0.4) is 0 Å². The molecule has 1 N–H and O–H groups in total. The molecular weight excluding hydrogens is 342 g/mol. The minimum atomic E-state index is -0.595. The lowest BCUT2D eigenvalue weighted by Gasteiger charge is -2.11. The number of hydrogen-bond donors (Lipinski definition) is 1. The predicted molar refractivity (Wildman–Crippen MR) is 97.0 cm³/mol. The Morgan fingerprint density at radius 3 is 2.96 bits per heavy atom. The topological polar surface area (TPSA) is 59.7 Å². The van der Waals surface area contributed by atoms with Crippen molar-refractivity contribution in [3.05, 3.63) is 54.1 Å². The third-order valence-corrected chi connectivity index (χ3v) is 5.78. The van der Waals surface area contributed by atoms with Crippen LogP contribution in [0.15, 0.2) is 53.7 Å². The lowest BCUT2D eigenvalue weighted by molar-refractivity contribution is 0.203. The second kappa shape index (κ2) is 6.43. The number of aromatic nitrogens is 3. The fourth-order valence-corrected chi connectivity index (χ4v) is 4.48. The third kappa shape index (κ3) is 2.75. The summed E-state index contributed by atoms with van der Waals surface area (Å²) in [6, 6.07) is 15.7. The van der Waals surface area contributed by atoms with Gasteiger partial charge in [-0.3, -0.25) is 4.40 Å². The molecule has 24 heavy (non-hydrogen) atoms. The van der Waals surface area contributed by atoms with Gasteiger partial charge in [0.1, 0.15) is 5.75 Å². The molecule has 0 unspecified atom stereocenters. The van der Waals surface area contributed by atoms with E-state index in [-0.39, 0.29) is 0 Å². The molecule has 4 rings (SSSR count). The summed E-state index contributed by atoms with van der Waals surface area (Å²) in [5, 5.41) is 19.7. The van der Waals surface area contributed by atoms with Gasteiger partial charge in [0.2, 0.25) is 4.96 Å². The van der Waals surface area contributed by atoms with E-state index in [1.165, 1.54) is 16.5 Å². The summed E-state index contributed by atoms with van der Waals surface area (Å²) in [5.74, 6) is 1.24. The van der Waals surface area contributed by atoms with Gasteiger partial charge in [-0.1, -0.05) is 47.4 Å². The number of thioether (sulfide) groups is 1. The van der Waals surface area contributed by atoms with E-state index in [0.717, 1.165) is 26.9 Å². The first kappa shape index (κ1) is 15.4. The number of fused-ring (bicyclic) bond motifs is 3. The van der Waals surface area contributed by atoms with Crippen LogP contribution < -0.4 is 4.74 Å². The van der Waals surface area contributed by atoms with E-state index in [4.69, 9.17) is 4.74 Å². The van der Waals surface area contributed by atoms with Crippen LogP contribution in [-0.2, 0) is 0 Å². The average molecular weight is 357 g/mol. The molecule has 4 aromatic rings. The highest BCUT2D eigenvalue weighted by Gasteiger charge is 2.15.